The number of amides is 1. The van der Waals surface area contributed by atoms with Crippen molar-refractivity contribution in [2.75, 3.05) is 32.4 Å². The van der Waals surface area contributed by atoms with E-state index in [0.29, 0.717) is 34.6 Å². The van der Waals surface area contributed by atoms with E-state index in [4.69, 9.17) is 14.2 Å². The molecule has 0 bridgehead atoms. The minimum Gasteiger partial charge on any atom is -0.493 e. The molecule has 0 atom stereocenters. The number of pyridine rings is 1. The Hall–Kier alpha value is -3.27. The van der Waals surface area contributed by atoms with E-state index >= 15 is 0 Å². The van der Waals surface area contributed by atoms with Gasteiger partial charge in [-0.05, 0) is 19.1 Å². The van der Waals surface area contributed by atoms with Crippen molar-refractivity contribution in [3.05, 3.63) is 36.7 Å². The summed E-state index contributed by atoms with van der Waals surface area (Å²) in [6, 6.07) is 7.11. The molecule has 30 heavy (non-hydrogen) atoms. The zero-order chi connectivity index (χ0) is 21.5. The molecule has 2 heterocycles. The number of carbonyl (C=O) groups excluding carboxylic acids is 1. The molecule has 0 aliphatic rings. The van der Waals surface area contributed by atoms with Crippen LogP contribution in [0.2, 0.25) is 0 Å². The quantitative estimate of drug-likeness (QED) is 0.518. The molecule has 158 valence electrons. The van der Waals surface area contributed by atoms with Gasteiger partial charge in [-0.2, -0.15) is 0 Å². The number of carbonyl (C=O) groups is 1. The summed E-state index contributed by atoms with van der Waals surface area (Å²) in [6.07, 6.45) is 3.42. The number of nitrogens with zero attached hydrogens (tertiary/aromatic N) is 4. The molecular formula is C20H23N5O4S. The maximum absolute atomic E-state index is 12.5. The molecular weight excluding hydrogens is 406 g/mol. The van der Waals surface area contributed by atoms with Crippen molar-refractivity contribution in [2.45, 2.75) is 18.6 Å². The fourth-order valence-corrected chi connectivity index (χ4v) is 3.68. The molecule has 3 aromatic rings. The van der Waals surface area contributed by atoms with Crippen LogP contribution in [-0.2, 0) is 11.3 Å². The van der Waals surface area contributed by atoms with Crippen molar-refractivity contribution in [3.8, 4) is 28.6 Å². The van der Waals surface area contributed by atoms with Gasteiger partial charge in [0.15, 0.2) is 22.5 Å². The van der Waals surface area contributed by atoms with Crippen molar-refractivity contribution in [1.82, 2.24) is 19.7 Å². The van der Waals surface area contributed by atoms with Gasteiger partial charge in [-0.25, -0.2) is 0 Å². The first-order chi connectivity index (χ1) is 14.6. The van der Waals surface area contributed by atoms with Crippen LogP contribution in [0.1, 0.15) is 6.92 Å². The average molecular weight is 430 g/mol. The maximum atomic E-state index is 12.5. The van der Waals surface area contributed by atoms with Crippen LogP contribution < -0.4 is 19.5 Å². The van der Waals surface area contributed by atoms with Crippen molar-refractivity contribution < 1.29 is 19.0 Å². The van der Waals surface area contributed by atoms with E-state index in [-0.39, 0.29) is 11.7 Å². The highest BCUT2D eigenvalue weighted by molar-refractivity contribution is 7.99. The summed E-state index contributed by atoms with van der Waals surface area (Å²) in [6.45, 7) is 2.69. The van der Waals surface area contributed by atoms with E-state index < -0.39 is 0 Å². The highest BCUT2D eigenvalue weighted by atomic mass is 32.2. The summed E-state index contributed by atoms with van der Waals surface area (Å²) >= 11 is 1.32. The third-order valence-electron chi connectivity index (χ3n) is 4.25. The molecule has 9 nitrogen and oxygen atoms in total. The molecule has 3 rings (SSSR count). The Kier molecular flexibility index (Phi) is 7.12. The minimum absolute atomic E-state index is 0.172. The van der Waals surface area contributed by atoms with Gasteiger partial charge in [-0.1, -0.05) is 11.8 Å². The fraction of sp³-hybridized carbons (Fsp3) is 0.300. The second-order valence-electron chi connectivity index (χ2n) is 6.04. The Labute approximate surface area is 178 Å². The molecule has 0 spiro atoms. The topological polar surface area (TPSA) is 100 Å². The number of aromatic nitrogens is 4. The van der Waals surface area contributed by atoms with Crippen molar-refractivity contribution in [3.63, 3.8) is 0 Å². The molecule has 1 amide bonds. The van der Waals surface area contributed by atoms with Crippen LogP contribution in [0.4, 0.5) is 5.69 Å². The number of hydrogen-bond donors (Lipinski definition) is 1. The number of ether oxygens (including phenoxy) is 3. The van der Waals surface area contributed by atoms with Crippen molar-refractivity contribution in [1.29, 1.82) is 0 Å². The maximum Gasteiger partial charge on any atom is 0.234 e. The van der Waals surface area contributed by atoms with Crippen LogP contribution in [0, 0.1) is 0 Å². The standard InChI is InChI=1S/C20H23N5O4S/c1-5-25-19(13-6-8-21-9-7-13)23-24-20(25)30-12-17(26)22-14-10-15(27-2)18(29-4)16(11-14)28-3/h6-11H,5,12H2,1-4H3,(H,22,26). The lowest BCUT2D eigenvalue weighted by Crippen LogP contribution is -2.15. The number of methoxy groups -OCH3 is 3. The van der Waals surface area contributed by atoms with Crippen LogP contribution in [0.5, 0.6) is 17.2 Å². The Morgan fingerprint density at radius 3 is 2.30 bits per heavy atom. The molecule has 10 heteroatoms. The van der Waals surface area contributed by atoms with Gasteiger partial charge >= 0.3 is 0 Å². The third kappa shape index (κ3) is 4.65. The van der Waals surface area contributed by atoms with Crippen LogP contribution in [0.3, 0.4) is 0 Å². The summed E-state index contributed by atoms with van der Waals surface area (Å²) in [5.74, 6) is 2.12. The van der Waals surface area contributed by atoms with Gasteiger partial charge in [0.25, 0.3) is 0 Å². The van der Waals surface area contributed by atoms with Crippen LogP contribution >= 0.6 is 11.8 Å². The lowest BCUT2D eigenvalue weighted by molar-refractivity contribution is -0.113. The average Bonchev–Trinajstić information content (AvgIpc) is 3.20. The van der Waals surface area contributed by atoms with Gasteiger partial charge in [-0.15, -0.1) is 10.2 Å². The molecule has 1 aromatic carbocycles. The predicted molar refractivity (Wildman–Crippen MR) is 114 cm³/mol. The van der Waals surface area contributed by atoms with Gasteiger partial charge in [0, 0.05) is 42.3 Å². The minimum atomic E-state index is -0.189. The van der Waals surface area contributed by atoms with E-state index in [0.717, 1.165) is 11.4 Å². The fourth-order valence-electron chi connectivity index (χ4n) is 2.88. The summed E-state index contributed by atoms with van der Waals surface area (Å²) < 4.78 is 17.9. The molecule has 0 fully saturated rings. The van der Waals surface area contributed by atoms with Crippen molar-refractivity contribution >= 4 is 23.4 Å². The Morgan fingerprint density at radius 2 is 1.73 bits per heavy atom. The van der Waals surface area contributed by atoms with Crippen LogP contribution in [-0.4, -0.2) is 52.7 Å². The second-order valence-corrected chi connectivity index (χ2v) is 6.98. The van der Waals surface area contributed by atoms with E-state index in [2.05, 4.69) is 20.5 Å². The molecule has 0 saturated heterocycles. The van der Waals surface area contributed by atoms with Gasteiger partial charge in [0.05, 0.1) is 27.1 Å². The number of nitrogens with one attached hydrogen (secondary N) is 1. The van der Waals surface area contributed by atoms with E-state index in [1.54, 1.807) is 24.5 Å². The summed E-state index contributed by atoms with van der Waals surface area (Å²) in [5, 5.41) is 12.0. The normalized spacial score (nSPS) is 10.5. The number of benzene rings is 1. The zero-order valence-corrected chi connectivity index (χ0v) is 18.0. The van der Waals surface area contributed by atoms with Gasteiger partial charge < -0.3 is 24.1 Å². The number of rotatable bonds is 9. The number of thioether (sulfide) groups is 1. The molecule has 0 radical (unpaired) electrons. The van der Waals surface area contributed by atoms with Gasteiger partial charge in [-0.3, -0.25) is 9.78 Å². The molecule has 2 aromatic heterocycles. The van der Waals surface area contributed by atoms with E-state index in [9.17, 15) is 4.79 Å². The monoisotopic (exact) mass is 429 g/mol. The SMILES string of the molecule is CCn1c(SCC(=O)Nc2cc(OC)c(OC)c(OC)c2)nnc1-c1ccncc1. The smallest absolute Gasteiger partial charge is 0.234 e. The third-order valence-corrected chi connectivity index (χ3v) is 5.22. The molecule has 0 aliphatic heterocycles. The van der Waals surface area contributed by atoms with E-state index in [1.165, 1.54) is 33.1 Å². The van der Waals surface area contributed by atoms with Gasteiger partial charge in [0.2, 0.25) is 11.7 Å². The van der Waals surface area contributed by atoms with Crippen LogP contribution in [0.25, 0.3) is 11.4 Å². The first kappa shape index (κ1) is 21.4. The second kappa shape index (κ2) is 9.97. The summed E-state index contributed by atoms with van der Waals surface area (Å²) in [4.78, 5) is 16.5. The first-order valence-corrected chi connectivity index (χ1v) is 10.2. The highest BCUT2D eigenvalue weighted by Gasteiger charge is 2.17. The summed E-state index contributed by atoms with van der Waals surface area (Å²) in [7, 11) is 4.58. The highest BCUT2D eigenvalue weighted by Crippen LogP contribution is 2.40. The zero-order valence-electron chi connectivity index (χ0n) is 17.2. The Bertz CT molecular complexity index is 985. The lowest BCUT2D eigenvalue weighted by atomic mass is 10.2. The first-order valence-electron chi connectivity index (χ1n) is 9.17. The lowest BCUT2D eigenvalue weighted by Gasteiger charge is -2.14. The van der Waals surface area contributed by atoms with Crippen molar-refractivity contribution in [2.24, 2.45) is 0 Å². The van der Waals surface area contributed by atoms with Gasteiger partial charge in [0.1, 0.15) is 0 Å². The van der Waals surface area contributed by atoms with Crippen LogP contribution in [0.15, 0.2) is 41.8 Å². The Balaban J connectivity index is 1.70. The van der Waals surface area contributed by atoms with E-state index in [1.807, 2.05) is 23.6 Å². The molecule has 0 aliphatic carbocycles. The number of hydrogen-bond acceptors (Lipinski definition) is 8. The largest absolute Gasteiger partial charge is 0.493 e. The summed E-state index contributed by atoms with van der Waals surface area (Å²) in [5.41, 5.74) is 1.47. The number of anilines is 1. The molecule has 0 saturated carbocycles. The Morgan fingerprint density at radius 1 is 1.07 bits per heavy atom. The predicted octanol–water partition coefficient (Wildman–Crippen LogP) is 3.12. The molecule has 1 N–H and O–H groups in total. The molecule has 0 unspecified atom stereocenters.